The number of methoxy groups -OCH3 is 1. The molecular weight excluding hydrogens is 868 g/mol. The second kappa shape index (κ2) is 19.3. The van der Waals surface area contributed by atoms with Crippen LogP contribution in [0.2, 0.25) is 0 Å². The molecule has 63 heavy (non-hydrogen) atoms. The van der Waals surface area contributed by atoms with Crippen LogP contribution < -0.4 is 0 Å². The third-order valence-corrected chi connectivity index (χ3v) is 13.1. The second-order valence-corrected chi connectivity index (χ2v) is 22.1. The second-order valence-electron chi connectivity index (χ2n) is 18.7. The molecule has 2 aromatic carbocycles. The normalized spacial score (nSPS) is 28.7. The third-order valence-electron chi connectivity index (χ3n) is 13.1. The molecule has 4 aliphatic carbocycles. The van der Waals surface area contributed by atoms with Crippen molar-refractivity contribution < 1.29 is 65.9 Å². The number of benzene rings is 2. The Hall–Kier alpha value is -3.24. The number of carbonyl (C=O) groups excluding carboxylic acids is 2. The molecule has 2 saturated heterocycles. The van der Waals surface area contributed by atoms with Gasteiger partial charge in [0.2, 0.25) is 10.7 Å². The van der Waals surface area contributed by atoms with E-state index in [4.69, 9.17) is 32.1 Å². The van der Waals surface area contributed by atoms with Crippen LogP contribution in [-0.4, -0.2) is 82.9 Å². The van der Waals surface area contributed by atoms with Crippen LogP contribution in [0.4, 0.5) is 0 Å². The van der Waals surface area contributed by atoms with Crippen LogP contribution >= 0.6 is 0 Å². The maximum absolute atomic E-state index is 13.6. The van der Waals surface area contributed by atoms with Crippen LogP contribution in [0.5, 0.6) is 0 Å². The monoisotopic (exact) mass is 933 g/mol. The Bertz CT molecular complexity index is 2270. The van der Waals surface area contributed by atoms with Crippen LogP contribution in [0, 0.1) is 48.2 Å². The summed E-state index contributed by atoms with van der Waals surface area (Å²) in [4.78, 5) is 27.1. The SMILES string of the molecule is CCc1cc(C)cc(CC)c1C1=C(O)C2CC3(COC(C)(C)O3)CC2C1=O.CCc1cc(C)cc(CC)c1C1=C(OC)C2CC3(COC(C)(C)O3)CC2C1=O.CS(=O)(=O)[ClH+].O=S=O. The van der Waals surface area contributed by atoms with E-state index in [-0.39, 0.29) is 46.6 Å². The quantitative estimate of drug-likeness (QED) is 0.269. The van der Waals surface area contributed by atoms with Crippen LogP contribution in [0.25, 0.3) is 11.1 Å². The van der Waals surface area contributed by atoms with Gasteiger partial charge in [0.1, 0.15) is 11.5 Å². The Morgan fingerprint density at radius 2 is 1.00 bits per heavy atom. The molecule has 348 valence electrons. The summed E-state index contributed by atoms with van der Waals surface area (Å²) in [6.45, 7) is 21.5. The van der Waals surface area contributed by atoms with Gasteiger partial charge in [0.05, 0.1) is 48.9 Å². The summed E-state index contributed by atoms with van der Waals surface area (Å²) >= 11 is -0.750. The molecule has 0 bridgehead atoms. The Balaban J connectivity index is 0.000000203. The largest absolute Gasteiger partial charge is 0.511 e. The number of carbonyl (C=O) groups is 2. The molecule has 15 heteroatoms. The van der Waals surface area contributed by atoms with E-state index in [2.05, 4.69) is 76.5 Å². The fourth-order valence-electron chi connectivity index (χ4n) is 11.0. The number of aliphatic hydroxyl groups is 1. The van der Waals surface area contributed by atoms with E-state index in [1.165, 1.54) is 22.3 Å². The molecule has 2 aromatic rings. The van der Waals surface area contributed by atoms with E-state index in [0.717, 1.165) is 71.9 Å². The number of halogens is 1. The minimum atomic E-state index is -3.08. The van der Waals surface area contributed by atoms with Gasteiger partial charge in [0, 0.05) is 23.7 Å². The summed E-state index contributed by atoms with van der Waals surface area (Å²) in [5, 5.41) is 11.1. The Kier molecular flexibility index (Phi) is 15.6. The van der Waals surface area contributed by atoms with Crippen molar-refractivity contribution in [3.63, 3.8) is 0 Å². The molecule has 2 heterocycles. The number of allylic oxidation sites excluding steroid dienone is 4. The minimum absolute atomic E-state index is 0.0711. The number of rotatable bonds is 7. The lowest BCUT2D eigenvalue weighted by Crippen LogP contribution is -2.32. The lowest BCUT2D eigenvalue weighted by Gasteiger charge is -2.26. The molecule has 2 spiro atoms. The average Bonchev–Trinajstić information content (AvgIpc) is 4.01. The Morgan fingerprint density at radius 1 is 0.683 bits per heavy atom. The lowest BCUT2D eigenvalue weighted by molar-refractivity contribution is -0.163. The Labute approximate surface area is 381 Å². The molecule has 2 aliphatic heterocycles. The van der Waals surface area contributed by atoms with Gasteiger partial charge in [0.25, 0.3) is 0 Å². The van der Waals surface area contributed by atoms with Crippen molar-refractivity contribution in [2.24, 2.45) is 23.7 Å². The van der Waals surface area contributed by atoms with Crippen LogP contribution in [0.1, 0.15) is 126 Å². The first-order valence-corrected chi connectivity index (χ1v) is 25.4. The van der Waals surface area contributed by atoms with Crippen molar-refractivity contribution in [3.8, 4) is 0 Å². The number of fused-ring (bicyclic) bond motifs is 2. The number of ketones is 2. The first-order chi connectivity index (χ1) is 29.4. The van der Waals surface area contributed by atoms with Crippen molar-refractivity contribution >= 4 is 43.3 Å². The predicted octanol–water partition coefficient (Wildman–Crippen LogP) is 7.68. The fraction of sp³-hybridized carbons (Fsp3) is 0.625. The van der Waals surface area contributed by atoms with Gasteiger partial charge in [-0.2, -0.15) is 16.8 Å². The van der Waals surface area contributed by atoms with E-state index in [1.54, 1.807) is 7.11 Å². The third kappa shape index (κ3) is 10.7. The van der Waals surface area contributed by atoms with Gasteiger partial charge < -0.3 is 28.8 Å². The van der Waals surface area contributed by atoms with Crippen LogP contribution in [0.15, 0.2) is 35.8 Å². The molecule has 0 radical (unpaired) electrons. The molecule has 12 nitrogen and oxygen atoms in total. The van der Waals surface area contributed by atoms with Gasteiger partial charge in [-0.15, -0.1) is 0 Å². The number of Topliss-reactive ketones (excluding diaryl/α,β-unsaturated/α-hetero) is 2. The molecule has 8 rings (SSSR count). The minimum Gasteiger partial charge on any atom is -0.511 e. The summed E-state index contributed by atoms with van der Waals surface area (Å²) in [5.74, 6) is -0.115. The number of aryl methyl sites for hydroxylation is 6. The zero-order valence-electron chi connectivity index (χ0n) is 38.9. The van der Waals surface area contributed by atoms with E-state index in [1.807, 2.05) is 27.7 Å². The summed E-state index contributed by atoms with van der Waals surface area (Å²) in [6, 6.07) is 8.73. The highest BCUT2D eigenvalue weighted by Crippen LogP contribution is 2.58. The van der Waals surface area contributed by atoms with Crippen LogP contribution in [0.3, 0.4) is 0 Å². The highest BCUT2D eigenvalue weighted by atomic mass is 35.7. The van der Waals surface area contributed by atoms with Gasteiger partial charge in [-0.25, -0.2) is 0 Å². The smallest absolute Gasteiger partial charge is 0.376 e. The van der Waals surface area contributed by atoms with Gasteiger partial charge in [-0.05, 0) is 126 Å². The molecule has 1 N–H and O–H groups in total. The van der Waals surface area contributed by atoms with Gasteiger partial charge >= 0.3 is 20.6 Å². The number of hydrogen-bond donors (Lipinski definition) is 1. The zero-order valence-corrected chi connectivity index (χ0v) is 41.3. The fourth-order valence-corrected chi connectivity index (χ4v) is 11.0. The maximum Gasteiger partial charge on any atom is 0.376 e. The van der Waals surface area contributed by atoms with E-state index in [0.29, 0.717) is 38.0 Å². The van der Waals surface area contributed by atoms with E-state index in [9.17, 15) is 23.1 Å². The van der Waals surface area contributed by atoms with Crippen molar-refractivity contribution in [2.75, 3.05) is 26.6 Å². The first-order valence-electron chi connectivity index (χ1n) is 21.9. The maximum atomic E-state index is 13.6. The highest BCUT2D eigenvalue weighted by molar-refractivity contribution is 7.83. The summed E-state index contributed by atoms with van der Waals surface area (Å²) in [6.07, 6.45) is 7.25. The van der Waals surface area contributed by atoms with E-state index < -0.39 is 37.8 Å². The molecule has 6 aliphatic rings. The highest BCUT2D eigenvalue weighted by Gasteiger charge is 2.61. The molecular formula is C48H66ClO12S2+. The van der Waals surface area contributed by atoms with Crippen molar-refractivity contribution in [1.29, 1.82) is 0 Å². The number of hydrogen-bond acceptors (Lipinski definition) is 12. The summed E-state index contributed by atoms with van der Waals surface area (Å²) < 4.78 is 65.5. The standard InChI is InChI=1S/C24H32O4.C23H30O4.CH4ClO2S.O2S/c1-7-15-9-14(3)10-16(8-2)19(15)20-21(25)17-11-24(12-18(17)22(20)26-6)13-27-23(4,5)28-24;1-6-14-8-13(3)9-15(7-2)18(14)19-20(24)16-10-23(11-17(16)21(19)25)12-26-22(4,5)27-23;1-5(2,3)4;1-3-2/h9-10,17-18H,7-8,11-13H2,1-6H3;8-9,16-17,24H,6-7,10-12H2,1-5H3;2H,1H3;/q;;+1;. The first kappa shape index (κ1) is 50.8. The molecule has 0 amide bonds. The average molecular weight is 935 g/mol. The molecule has 4 fully saturated rings. The van der Waals surface area contributed by atoms with Gasteiger partial charge in [0.15, 0.2) is 23.1 Å². The number of ether oxygens (including phenoxy) is 5. The van der Waals surface area contributed by atoms with E-state index >= 15 is 0 Å². The molecule has 6 atom stereocenters. The molecule has 2 saturated carbocycles. The lowest BCUT2D eigenvalue weighted by atomic mass is 9.86. The van der Waals surface area contributed by atoms with Crippen molar-refractivity contribution in [3.05, 3.63) is 80.3 Å². The van der Waals surface area contributed by atoms with Gasteiger partial charge in [-0.1, -0.05) is 63.1 Å². The summed E-state index contributed by atoms with van der Waals surface area (Å²) in [5.41, 5.74) is 9.90. The van der Waals surface area contributed by atoms with Gasteiger partial charge in [-0.3, -0.25) is 9.59 Å². The predicted molar refractivity (Wildman–Crippen MR) is 239 cm³/mol. The Morgan fingerprint density at radius 3 is 1.32 bits per heavy atom. The molecule has 6 unspecified atom stereocenters. The number of aliphatic hydroxyl groups excluding tert-OH is 1. The van der Waals surface area contributed by atoms with Crippen LogP contribution in [-0.2, 0) is 79.6 Å². The van der Waals surface area contributed by atoms with Crippen molar-refractivity contribution in [2.45, 2.75) is 143 Å². The molecule has 0 aromatic heterocycles. The van der Waals surface area contributed by atoms with Crippen molar-refractivity contribution in [1.82, 2.24) is 0 Å². The topological polar surface area (TPSA) is 169 Å². The zero-order chi connectivity index (χ0) is 47.0. The summed E-state index contributed by atoms with van der Waals surface area (Å²) in [7, 11) is 2.42.